The quantitative estimate of drug-likeness (QED) is 0.682. The molecule has 132 valence electrons. The molecule has 2 aromatic rings. The van der Waals surface area contributed by atoms with Crippen molar-refractivity contribution in [1.82, 2.24) is 9.97 Å². The summed E-state index contributed by atoms with van der Waals surface area (Å²) in [5.41, 5.74) is 1.16. The number of hydrogen-bond acceptors (Lipinski definition) is 5. The van der Waals surface area contributed by atoms with E-state index in [0.717, 1.165) is 5.56 Å². The van der Waals surface area contributed by atoms with Gasteiger partial charge in [0.2, 0.25) is 5.28 Å². The maximum absolute atomic E-state index is 12.9. The number of carbonyl (C=O) groups is 1. The second-order valence-corrected chi connectivity index (χ2v) is 7.27. The van der Waals surface area contributed by atoms with Gasteiger partial charge < -0.3 is 9.64 Å². The second kappa shape index (κ2) is 8.25. The molecule has 0 spiro atoms. The SMILES string of the molecule is C[C@H](CC(=O)C1COCCN1c1nc(Cl)ncc1Br)c1ccccc1. The molecule has 2 heterocycles. The van der Waals surface area contributed by atoms with E-state index in [9.17, 15) is 4.79 Å². The molecule has 0 N–H and O–H groups in total. The minimum atomic E-state index is -0.373. The maximum atomic E-state index is 12.9. The fourth-order valence-electron chi connectivity index (χ4n) is 3.00. The summed E-state index contributed by atoms with van der Waals surface area (Å²) in [5, 5.41) is 0.161. The molecule has 3 rings (SSSR count). The number of morpholine rings is 1. The first-order valence-corrected chi connectivity index (χ1v) is 9.33. The van der Waals surface area contributed by atoms with Crippen LogP contribution in [0.2, 0.25) is 5.28 Å². The molecule has 0 radical (unpaired) electrons. The van der Waals surface area contributed by atoms with Crippen LogP contribution in [-0.2, 0) is 9.53 Å². The summed E-state index contributed by atoms with van der Waals surface area (Å²) in [4.78, 5) is 23.2. The van der Waals surface area contributed by atoms with Gasteiger partial charge in [0, 0.05) is 19.2 Å². The highest BCUT2D eigenvalue weighted by molar-refractivity contribution is 9.10. The van der Waals surface area contributed by atoms with Gasteiger partial charge in [-0.2, -0.15) is 4.98 Å². The molecule has 1 aliphatic rings. The molecule has 2 atom stereocenters. The van der Waals surface area contributed by atoms with Crippen LogP contribution in [0.3, 0.4) is 0 Å². The van der Waals surface area contributed by atoms with Crippen LogP contribution in [0.25, 0.3) is 0 Å². The van der Waals surface area contributed by atoms with Crippen LogP contribution in [0.15, 0.2) is 41.0 Å². The van der Waals surface area contributed by atoms with Crippen molar-refractivity contribution < 1.29 is 9.53 Å². The van der Waals surface area contributed by atoms with E-state index in [4.69, 9.17) is 16.3 Å². The highest BCUT2D eigenvalue weighted by Gasteiger charge is 2.32. The molecular formula is C18H19BrClN3O2. The standard InChI is InChI=1S/C18H19BrClN3O2/c1-12(13-5-3-2-4-6-13)9-16(24)15-11-25-8-7-23(15)17-14(19)10-21-18(20)22-17/h2-6,10,12,15H,7-9,11H2,1H3/t12-,15?/m1/s1. The molecule has 1 aliphatic heterocycles. The molecule has 0 aliphatic carbocycles. The third-order valence-electron chi connectivity index (χ3n) is 4.34. The van der Waals surface area contributed by atoms with Crippen LogP contribution < -0.4 is 4.90 Å². The van der Waals surface area contributed by atoms with Gasteiger partial charge in [0.15, 0.2) is 5.78 Å². The number of benzene rings is 1. The van der Waals surface area contributed by atoms with Crippen LogP contribution in [-0.4, -0.2) is 41.6 Å². The molecular weight excluding hydrogens is 406 g/mol. The highest BCUT2D eigenvalue weighted by Crippen LogP contribution is 2.29. The Balaban J connectivity index is 1.78. The average molecular weight is 425 g/mol. The number of halogens is 2. The van der Waals surface area contributed by atoms with Crippen molar-refractivity contribution in [3.05, 3.63) is 51.8 Å². The predicted octanol–water partition coefficient (Wildman–Crippen LogP) is 3.86. The molecule has 1 aromatic heterocycles. The fourth-order valence-corrected chi connectivity index (χ4v) is 3.55. The molecule has 5 nitrogen and oxygen atoms in total. The van der Waals surface area contributed by atoms with Gasteiger partial charge >= 0.3 is 0 Å². The molecule has 0 saturated carbocycles. The Hall–Kier alpha value is -1.50. The van der Waals surface area contributed by atoms with E-state index in [0.29, 0.717) is 36.5 Å². The summed E-state index contributed by atoms with van der Waals surface area (Å²) in [6, 6.07) is 9.69. The van der Waals surface area contributed by atoms with Gasteiger partial charge in [-0.1, -0.05) is 37.3 Å². The van der Waals surface area contributed by atoms with Gasteiger partial charge in [-0.15, -0.1) is 0 Å². The Morgan fingerprint density at radius 3 is 2.96 bits per heavy atom. The Labute approximate surface area is 160 Å². The number of hydrogen-bond donors (Lipinski definition) is 0. The summed E-state index contributed by atoms with van der Waals surface area (Å²) >= 11 is 9.39. The van der Waals surface area contributed by atoms with Crippen LogP contribution in [0.1, 0.15) is 24.8 Å². The van der Waals surface area contributed by atoms with Gasteiger partial charge in [0.1, 0.15) is 11.9 Å². The molecule has 25 heavy (non-hydrogen) atoms. The van der Waals surface area contributed by atoms with E-state index in [1.807, 2.05) is 35.2 Å². The van der Waals surface area contributed by atoms with Gasteiger partial charge in [-0.3, -0.25) is 4.79 Å². The molecule has 1 fully saturated rings. The molecule has 1 saturated heterocycles. The van der Waals surface area contributed by atoms with Crippen molar-refractivity contribution in [3.8, 4) is 0 Å². The van der Waals surface area contributed by atoms with E-state index < -0.39 is 0 Å². The van der Waals surface area contributed by atoms with Crippen molar-refractivity contribution in [3.63, 3.8) is 0 Å². The van der Waals surface area contributed by atoms with Gasteiger partial charge in [-0.25, -0.2) is 4.98 Å². The number of nitrogens with zero attached hydrogens (tertiary/aromatic N) is 3. The number of Topliss-reactive ketones (excluding diaryl/α,β-unsaturated/α-hetero) is 1. The summed E-state index contributed by atoms with van der Waals surface area (Å²) in [6.45, 7) is 3.56. The Morgan fingerprint density at radius 2 is 2.20 bits per heavy atom. The highest BCUT2D eigenvalue weighted by atomic mass is 79.9. The lowest BCUT2D eigenvalue weighted by atomic mass is 9.93. The van der Waals surface area contributed by atoms with Crippen molar-refractivity contribution in [2.75, 3.05) is 24.7 Å². The van der Waals surface area contributed by atoms with E-state index in [1.54, 1.807) is 6.20 Å². The lowest BCUT2D eigenvalue weighted by Crippen LogP contribution is -2.51. The van der Waals surface area contributed by atoms with Crippen molar-refractivity contribution >= 4 is 39.1 Å². The van der Waals surface area contributed by atoms with E-state index >= 15 is 0 Å². The first-order chi connectivity index (χ1) is 12.1. The average Bonchev–Trinajstić information content (AvgIpc) is 2.64. The van der Waals surface area contributed by atoms with Crippen LogP contribution in [0.4, 0.5) is 5.82 Å². The summed E-state index contributed by atoms with van der Waals surface area (Å²) in [7, 11) is 0. The smallest absolute Gasteiger partial charge is 0.224 e. The third-order valence-corrected chi connectivity index (χ3v) is 5.09. The number of rotatable bonds is 5. The maximum Gasteiger partial charge on any atom is 0.224 e. The molecule has 0 amide bonds. The number of carbonyl (C=O) groups excluding carboxylic acids is 1. The molecule has 7 heteroatoms. The van der Waals surface area contributed by atoms with Gasteiger partial charge in [-0.05, 0) is 39.0 Å². The number of ether oxygens (including phenoxy) is 1. The molecule has 0 bridgehead atoms. The molecule has 1 aromatic carbocycles. The minimum absolute atomic E-state index is 0.137. The zero-order valence-electron chi connectivity index (χ0n) is 13.9. The lowest BCUT2D eigenvalue weighted by Gasteiger charge is -2.36. The minimum Gasteiger partial charge on any atom is -0.377 e. The predicted molar refractivity (Wildman–Crippen MR) is 101 cm³/mol. The largest absolute Gasteiger partial charge is 0.377 e. The normalized spacial score (nSPS) is 18.8. The second-order valence-electron chi connectivity index (χ2n) is 6.08. The third kappa shape index (κ3) is 4.37. The van der Waals surface area contributed by atoms with Gasteiger partial charge in [0.25, 0.3) is 0 Å². The van der Waals surface area contributed by atoms with E-state index in [1.165, 1.54) is 0 Å². The van der Waals surface area contributed by atoms with E-state index in [-0.39, 0.29) is 23.0 Å². The summed E-state index contributed by atoms with van der Waals surface area (Å²) in [5.74, 6) is 0.918. The first-order valence-electron chi connectivity index (χ1n) is 8.16. The van der Waals surface area contributed by atoms with Crippen molar-refractivity contribution in [1.29, 1.82) is 0 Å². The van der Waals surface area contributed by atoms with Crippen LogP contribution >= 0.6 is 27.5 Å². The monoisotopic (exact) mass is 423 g/mol. The fraction of sp³-hybridized carbons (Fsp3) is 0.389. The zero-order chi connectivity index (χ0) is 17.8. The Kier molecular flexibility index (Phi) is 6.04. The number of aromatic nitrogens is 2. The Morgan fingerprint density at radius 1 is 1.44 bits per heavy atom. The van der Waals surface area contributed by atoms with Crippen molar-refractivity contribution in [2.24, 2.45) is 0 Å². The summed E-state index contributed by atoms with van der Waals surface area (Å²) < 4.78 is 6.27. The van der Waals surface area contributed by atoms with Crippen LogP contribution in [0.5, 0.6) is 0 Å². The van der Waals surface area contributed by atoms with Crippen LogP contribution in [0, 0.1) is 0 Å². The molecule has 1 unspecified atom stereocenters. The topological polar surface area (TPSA) is 55.3 Å². The van der Waals surface area contributed by atoms with Gasteiger partial charge in [0.05, 0.1) is 17.7 Å². The first kappa shape index (κ1) is 18.3. The Bertz CT molecular complexity index is 744. The van der Waals surface area contributed by atoms with Crippen molar-refractivity contribution in [2.45, 2.75) is 25.3 Å². The summed E-state index contributed by atoms with van der Waals surface area (Å²) in [6.07, 6.45) is 2.05. The number of ketones is 1. The zero-order valence-corrected chi connectivity index (χ0v) is 16.2. The lowest BCUT2D eigenvalue weighted by molar-refractivity contribution is -0.122. The van der Waals surface area contributed by atoms with E-state index in [2.05, 4.69) is 32.8 Å². The number of anilines is 1.